The Morgan fingerprint density at radius 2 is 1.78 bits per heavy atom. The highest BCUT2D eigenvalue weighted by Crippen LogP contribution is 2.34. The topological polar surface area (TPSA) is 32.3 Å². The monoisotopic (exact) mass is 250 g/mol. The third-order valence-electron chi connectivity index (χ3n) is 5.13. The Kier molecular flexibility index (Phi) is 3.88. The average molecular weight is 250 g/mol. The standard InChI is InChI=1S/C15H26N2O/c18-15(13-8-4-10-16-13)17-11-5-9-14(17)12-6-2-1-3-7-12/h12-14,16H,1-11H2/t13-,14?/m1/s1. The molecular formula is C15H26N2O. The molecule has 2 saturated heterocycles. The molecule has 0 radical (unpaired) electrons. The van der Waals surface area contributed by atoms with Gasteiger partial charge in [-0.15, -0.1) is 0 Å². The first-order valence-corrected chi connectivity index (χ1v) is 7.90. The number of hydrogen-bond acceptors (Lipinski definition) is 2. The minimum atomic E-state index is 0.134. The molecule has 18 heavy (non-hydrogen) atoms. The molecule has 3 heteroatoms. The predicted molar refractivity (Wildman–Crippen MR) is 72.3 cm³/mol. The van der Waals surface area contributed by atoms with Crippen molar-refractivity contribution in [2.24, 2.45) is 5.92 Å². The van der Waals surface area contributed by atoms with Crippen molar-refractivity contribution in [3.8, 4) is 0 Å². The Balaban J connectivity index is 1.64. The molecule has 0 aromatic rings. The van der Waals surface area contributed by atoms with Gasteiger partial charge >= 0.3 is 0 Å². The van der Waals surface area contributed by atoms with E-state index in [0.29, 0.717) is 11.9 Å². The van der Waals surface area contributed by atoms with Crippen LogP contribution in [0.4, 0.5) is 0 Å². The van der Waals surface area contributed by atoms with E-state index in [2.05, 4.69) is 10.2 Å². The van der Waals surface area contributed by atoms with Crippen LogP contribution in [0.2, 0.25) is 0 Å². The lowest BCUT2D eigenvalue weighted by molar-refractivity contribution is -0.135. The average Bonchev–Trinajstić information content (AvgIpc) is 3.10. The maximum atomic E-state index is 12.6. The SMILES string of the molecule is O=C([C@H]1CCCN1)N1CCCC1C1CCCCC1. The van der Waals surface area contributed by atoms with Crippen molar-refractivity contribution < 1.29 is 4.79 Å². The summed E-state index contributed by atoms with van der Waals surface area (Å²) >= 11 is 0. The van der Waals surface area contributed by atoms with Crippen LogP contribution >= 0.6 is 0 Å². The number of likely N-dealkylation sites (tertiary alicyclic amines) is 1. The number of rotatable bonds is 2. The van der Waals surface area contributed by atoms with E-state index >= 15 is 0 Å². The molecule has 3 aliphatic rings. The smallest absolute Gasteiger partial charge is 0.239 e. The first-order valence-electron chi connectivity index (χ1n) is 7.90. The number of carbonyl (C=O) groups excluding carboxylic acids is 1. The fraction of sp³-hybridized carbons (Fsp3) is 0.933. The van der Waals surface area contributed by atoms with Crippen LogP contribution in [-0.4, -0.2) is 36.0 Å². The summed E-state index contributed by atoms with van der Waals surface area (Å²) in [5.74, 6) is 1.20. The summed E-state index contributed by atoms with van der Waals surface area (Å²) in [6.45, 7) is 2.04. The minimum absolute atomic E-state index is 0.134. The molecule has 1 amide bonds. The zero-order chi connectivity index (χ0) is 12.4. The van der Waals surface area contributed by atoms with Crippen LogP contribution < -0.4 is 5.32 Å². The third kappa shape index (κ3) is 2.42. The fourth-order valence-electron chi connectivity index (χ4n) is 4.17. The number of hydrogen-bond donors (Lipinski definition) is 1. The molecule has 1 unspecified atom stereocenters. The first-order chi connectivity index (χ1) is 8.86. The molecule has 2 heterocycles. The van der Waals surface area contributed by atoms with Gasteiger partial charge < -0.3 is 10.2 Å². The highest BCUT2D eigenvalue weighted by molar-refractivity contribution is 5.82. The molecule has 0 bridgehead atoms. The van der Waals surface area contributed by atoms with E-state index in [0.717, 1.165) is 25.4 Å². The zero-order valence-corrected chi connectivity index (χ0v) is 11.4. The van der Waals surface area contributed by atoms with Gasteiger partial charge in [-0.1, -0.05) is 19.3 Å². The van der Waals surface area contributed by atoms with E-state index in [1.807, 2.05) is 0 Å². The van der Waals surface area contributed by atoms with Crippen molar-refractivity contribution in [1.29, 1.82) is 0 Å². The van der Waals surface area contributed by atoms with Gasteiger partial charge in [0.1, 0.15) is 0 Å². The van der Waals surface area contributed by atoms with Gasteiger partial charge in [0.05, 0.1) is 6.04 Å². The van der Waals surface area contributed by atoms with Crippen LogP contribution in [-0.2, 0) is 4.79 Å². The predicted octanol–water partition coefficient (Wildman–Crippen LogP) is 2.31. The van der Waals surface area contributed by atoms with Crippen molar-refractivity contribution in [3.05, 3.63) is 0 Å². The van der Waals surface area contributed by atoms with Gasteiger partial charge in [-0.2, -0.15) is 0 Å². The molecule has 1 aliphatic carbocycles. The van der Waals surface area contributed by atoms with E-state index in [1.54, 1.807) is 0 Å². The second kappa shape index (κ2) is 5.60. The Bertz CT molecular complexity index is 293. The molecule has 0 aromatic carbocycles. The van der Waals surface area contributed by atoms with Crippen LogP contribution in [0.5, 0.6) is 0 Å². The van der Waals surface area contributed by atoms with E-state index in [-0.39, 0.29) is 6.04 Å². The van der Waals surface area contributed by atoms with Crippen molar-refractivity contribution in [3.63, 3.8) is 0 Å². The second-order valence-corrected chi connectivity index (χ2v) is 6.29. The highest BCUT2D eigenvalue weighted by atomic mass is 16.2. The van der Waals surface area contributed by atoms with Gasteiger partial charge in [0.15, 0.2) is 0 Å². The number of nitrogens with one attached hydrogen (secondary N) is 1. The van der Waals surface area contributed by atoms with Gasteiger partial charge in [-0.05, 0) is 51.0 Å². The lowest BCUT2D eigenvalue weighted by atomic mass is 9.83. The van der Waals surface area contributed by atoms with Gasteiger partial charge in [-0.25, -0.2) is 0 Å². The number of nitrogens with zero attached hydrogens (tertiary/aromatic N) is 1. The fourth-order valence-corrected chi connectivity index (χ4v) is 4.17. The Morgan fingerprint density at radius 1 is 0.944 bits per heavy atom. The molecule has 0 spiro atoms. The molecule has 0 aromatic heterocycles. The van der Waals surface area contributed by atoms with Crippen LogP contribution in [0.3, 0.4) is 0 Å². The largest absolute Gasteiger partial charge is 0.338 e. The molecule has 1 N–H and O–H groups in total. The maximum Gasteiger partial charge on any atom is 0.239 e. The van der Waals surface area contributed by atoms with Gasteiger partial charge in [0.25, 0.3) is 0 Å². The Labute approximate surface area is 110 Å². The van der Waals surface area contributed by atoms with Crippen LogP contribution in [0.1, 0.15) is 57.8 Å². The van der Waals surface area contributed by atoms with Gasteiger partial charge in [0.2, 0.25) is 5.91 Å². The van der Waals surface area contributed by atoms with Gasteiger partial charge in [0, 0.05) is 12.6 Å². The normalized spacial score (nSPS) is 34.1. The van der Waals surface area contributed by atoms with E-state index in [4.69, 9.17) is 0 Å². The highest BCUT2D eigenvalue weighted by Gasteiger charge is 2.38. The minimum Gasteiger partial charge on any atom is -0.338 e. The lowest BCUT2D eigenvalue weighted by Gasteiger charge is -2.35. The molecule has 102 valence electrons. The van der Waals surface area contributed by atoms with E-state index in [9.17, 15) is 4.79 Å². The molecule has 3 fully saturated rings. The molecular weight excluding hydrogens is 224 g/mol. The molecule has 3 nitrogen and oxygen atoms in total. The number of carbonyl (C=O) groups is 1. The van der Waals surface area contributed by atoms with E-state index < -0.39 is 0 Å². The molecule has 1 saturated carbocycles. The summed E-state index contributed by atoms with van der Waals surface area (Å²) in [6.07, 6.45) is 11.6. The summed E-state index contributed by atoms with van der Waals surface area (Å²) in [7, 11) is 0. The van der Waals surface area contributed by atoms with Crippen molar-refractivity contribution in [2.45, 2.75) is 69.9 Å². The van der Waals surface area contributed by atoms with E-state index in [1.165, 1.54) is 51.4 Å². The lowest BCUT2D eigenvalue weighted by Crippen LogP contribution is -2.48. The van der Waals surface area contributed by atoms with Crippen molar-refractivity contribution in [2.75, 3.05) is 13.1 Å². The van der Waals surface area contributed by atoms with Crippen LogP contribution in [0.15, 0.2) is 0 Å². The van der Waals surface area contributed by atoms with Gasteiger partial charge in [-0.3, -0.25) is 4.79 Å². The molecule has 2 atom stereocenters. The summed E-state index contributed by atoms with van der Waals surface area (Å²) < 4.78 is 0. The molecule has 2 aliphatic heterocycles. The summed E-state index contributed by atoms with van der Waals surface area (Å²) in [6, 6.07) is 0.703. The quantitative estimate of drug-likeness (QED) is 0.815. The summed E-state index contributed by atoms with van der Waals surface area (Å²) in [5, 5.41) is 3.37. The van der Waals surface area contributed by atoms with Crippen LogP contribution in [0, 0.1) is 5.92 Å². The first kappa shape index (κ1) is 12.5. The Morgan fingerprint density at radius 3 is 2.50 bits per heavy atom. The maximum absolute atomic E-state index is 12.6. The van der Waals surface area contributed by atoms with Crippen LogP contribution in [0.25, 0.3) is 0 Å². The third-order valence-corrected chi connectivity index (χ3v) is 5.13. The Hall–Kier alpha value is -0.570. The van der Waals surface area contributed by atoms with Crippen molar-refractivity contribution >= 4 is 5.91 Å². The zero-order valence-electron chi connectivity index (χ0n) is 11.4. The number of amides is 1. The summed E-state index contributed by atoms with van der Waals surface area (Å²) in [5.41, 5.74) is 0. The van der Waals surface area contributed by atoms with Crippen molar-refractivity contribution in [1.82, 2.24) is 10.2 Å². The second-order valence-electron chi connectivity index (χ2n) is 6.29. The molecule has 3 rings (SSSR count). The summed E-state index contributed by atoms with van der Waals surface area (Å²) in [4.78, 5) is 14.8.